The first-order valence-corrected chi connectivity index (χ1v) is 13.6. The molecule has 2 aromatic heterocycles. The van der Waals surface area contributed by atoms with E-state index in [1.807, 2.05) is 39.9 Å². The summed E-state index contributed by atoms with van der Waals surface area (Å²) in [7, 11) is 0. The Labute approximate surface area is 227 Å². The third-order valence-electron chi connectivity index (χ3n) is 7.61. The number of piperazine rings is 1. The molecule has 11 heteroatoms. The zero-order valence-electron chi connectivity index (χ0n) is 21.2. The Morgan fingerprint density at radius 1 is 1.05 bits per heavy atom. The summed E-state index contributed by atoms with van der Waals surface area (Å²) in [6, 6.07) is 11.5. The van der Waals surface area contributed by atoms with Crippen molar-refractivity contribution >= 4 is 39.7 Å². The van der Waals surface area contributed by atoms with Crippen molar-refractivity contribution in [3.8, 4) is 5.69 Å². The summed E-state index contributed by atoms with van der Waals surface area (Å²) in [6.45, 7) is 4.86. The minimum atomic E-state index is -4.39. The number of hydrogen-bond acceptors (Lipinski definition) is 5. The number of thiazole rings is 1. The van der Waals surface area contributed by atoms with Crippen molar-refractivity contribution in [1.82, 2.24) is 19.4 Å². The van der Waals surface area contributed by atoms with Gasteiger partial charge in [0.15, 0.2) is 5.01 Å². The van der Waals surface area contributed by atoms with Gasteiger partial charge in [0, 0.05) is 79.7 Å². The standard InChI is InChI=1S/C28H26F3N5O2S/c1-18-14-20(28(29,30)31)2-4-23(18)35-8-6-19-15-21(3-5-24(19)35)36-17-22(16-25(36)37)33-9-11-34(12-10-33)27(38)26-32-7-13-39-26/h2-8,13-15,22H,9-12,16-17H2,1H3. The molecule has 2 saturated heterocycles. The van der Waals surface area contributed by atoms with Gasteiger partial charge in [-0.25, -0.2) is 4.98 Å². The molecule has 1 unspecified atom stereocenters. The first-order valence-electron chi connectivity index (χ1n) is 12.7. The lowest BCUT2D eigenvalue weighted by molar-refractivity contribution is -0.137. The minimum absolute atomic E-state index is 0.0412. The summed E-state index contributed by atoms with van der Waals surface area (Å²) in [5.74, 6) is 0.0131. The van der Waals surface area contributed by atoms with Crippen molar-refractivity contribution in [2.45, 2.75) is 25.6 Å². The van der Waals surface area contributed by atoms with Gasteiger partial charge in [-0.1, -0.05) is 0 Å². The molecule has 0 bridgehead atoms. The Morgan fingerprint density at radius 3 is 2.54 bits per heavy atom. The number of nitrogens with zero attached hydrogens (tertiary/aromatic N) is 5. The fraction of sp³-hybridized carbons (Fsp3) is 0.321. The normalized spacial score (nSPS) is 18.9. The average molecular weight is 554 g/mol. The smallest absolute Gasteiger partial charge is 0.334 e. The Hall–Kier alpha value is -3.70. The van der Waals surface area contributed by atoms with Crippen LogP contribution in [0.15, 0.2) is 60.2 Å². The molecule has 2 aliphatic heterocycles. The number of rotatable bonds is 4. The highest BCUT2D eigenvalue weighted by atomic mass is 32.1. The van der Waals surface area contributed by atoms with Crippen LogP contribution in [0.1, 0.15) is 27.3 Å². The van der Waals surface area contributed by atoms with Gasteiger partial charge in [0.1, 0.15) is 0 Å². The molecule has 0 saturated carbocycles. The Kier molecular flexibility index (Phi) is 6.43. The molecule has 2 aromatic carbocycles. The Bertz CT molecular complexity index is 1540. The molecule has 0 spiro atoms. The number of aryl methyl sites for hydroxylation is 1. The van der Waals surface area contributed by atoms with Crippen LogP contribution >= 0.6 is 11.3 Å². The van der Waals surface area contributed by atoms with E-state index in [4.69, 9.17) is 0 Å². The summed E-state index contributed by atoms with van der Waals surface area (Å²) in [5, 5.41) is 3.20. The van der Waals surface area contributed by atoms with E-state index in [0.29, 0.717) is 55.4 Å². The fourth-order valence-electron chi connectivity index (χ4n) is 5.55. The van der Waals surface area contributed by atoms with Crippen LogP contribution in [0.25, 0.3) is 16.6 Å². The molecule has 4 heterocycles. The van der Waals surface area contributed by atoms with E-state index < -0.39 is 11.7 Å². The number of hydrogen-bond donors (Lipinski definition) is 0. The molecule has 2 amide bonds. The maximum atomic E-state index is 13.1. The molecule has 2 fully saturated rings. The number of fused-ring (bicyclic) bond motifs is 1. The van der Waals surface area contributed by atoms with Crippen molar-refractivity contribution in [1.29, 1.82) is 0 Å². The van der Waals surface area contributed by atoms with Crippen molar-refractivity contribution in [3.63, 3.8) is 0 Å². The molecule has 39 heavy (non-hydrogen) atoms. The number of carbonyl (C=O) groups is 2. The number of halogens is 3. The van der Waals surface area contributed by atoms with Crippen LogP contribution in [0.4, 0.5) is 18.9 Å². The van der Waals surface area contributed by atoms with Gasteiger partial charge < -0.3 is 14.4 Å². The van der Waals surface area contributed by atoms with Crippen molar-refractivity contribution < 1.29 is 22.8 Å². The maximum Gasteiger partial charge on any atom is 0.416 e. The van der Waals surface area contributed by atoms with Crippen molar-refractivity contribution in [2.75, 3.05) is 37.6 Å². The number of anilines is 1. The lowest BCUT2D eigenvalue weighted by Gasteiger charge is -2.37. The monoisotopic (exact) mass is 553 g/mol. The van der Waals surface area contributed by atoms with Crippen molar-refractivity contribution in [2.24, 2.45) is 0 Å². The predicted octanol–water partition coefficient (Wildman–Crippen LogP) is 4.98. The SMILES string of the molecule is Cc1cc(C(F)(F)F)ccc1-n1ccc2cc(N3CC(N4CCN(C(=O)c5nccs5)CC4)CC3=O)ccc21. The van der Waals surface area contributed by atoms with Crippen LogP contribution < -0.4 is 4.90 Å². The quantitative estimate of drug-likeness (QED) is 0.358. The minimum Gasteiger partial charge on any atom is -0.334 e. The van der Waals surface area contributed by atoms with E-state index in [-0.39, 0.29) is 17.9 Å². The summed E-state index contributed by atoms with van der Waals surface area (Å²) >= 11 is 1.34. The predicted molar refractivity (Wildman–Crippen MR) is 143 cm³/mol. The molecule has 202 valence electrons. The molecule has 4 aromatic rings. The van der Waals surface area contributed by atoms with Crippen LogP contribution in [0.3, 0.4) is 0 Å². The second-order valence-corrected chi connectivity index (χ2v) is 10.9. The van der Waals surface area contributed by atoms with Crippen molar-refractivity contribution in [3.05, 3.63) is 76.4 Å². The fourth-order valence-corrected chi connectivity index (χ4v) is 6.15. The van der Waals surface area contributed by atoms with Crippen LogP contribution in [-0.2, 0) is 11.0 Å². The Morgan fingerprint density at radius 2 is 1.85 bits per heavy atom. The van der Waals surface area contributed by atoms with Crippen LogP contribution in [0.2, 0.25) is 0 Å². The first-order chi connectivity index (χ1) is 18.7. The van der Waals surface area contributed by atoms with Gasteiger partial charge in [0.2, 0.25) is 5.91 Å². The average Bonchev–Trinajstić information content (AvgIpc) is 3.68. The lowest BCUT2D eigenvalue weighted by Crippen LogP contribution is -2.52. The zero-order chi connectivity index (χ0) is 27.3. The van der Waals surface area contributed by atoms with E-state index in [2.05, 4.69) is 9.88 Å². The molecule has 0 aliphatic carbocycles. The summed E-state index contributed by atoms with van der Waals surface area (Å²) < 4.78 is 41.2. The topological polar surface area (TPSA) is 61.7 Å². The molecule has 1 atom stereocenters. The Balaban J connectivity index is 1.15. The second-order valence-electron chi connectivity index (χ2n) is 9.96. The van der Waals surface area contributed by atoms with E-state index in [0.717, 1.165) is 28.7 Å². The van der Waals surface area contributed by atoms with Crippen LogP contribution in [-0.4, -0.2) is 69.9 Å². The van der Waals surface area contributed by atoms with E-state index >= 15 is 0 Å². The third-order valence-corrected chi connectivity index (χ3v) is 8.37. The number of carbonyl (C=O) groups excluding carboxylic acids is 2. The highest BCUT2D eigenvalue weighted by molar-refractivity contribution is 7.11. The molecule has 2 aliphatic rings. The van der Waals surface area contributed by atoms with Crippen LogP contribution in [0, 0.1) is 6.92 Å². The lowest BCUT2D eigenvalue weighted by atomic mass is 10.1. The van der Waals surface area contributed by atoms with Gasteiger partial charge in [-0.05, 0) is 55.0 Å². The summed E-state index contributed by atoms with van der Waals surface area (Å²) in [4.78, 5) is 35.6. The van der Waals surface area contributed by atoms with E-state index in [1.165, 1.54) is 17.4 Å². The summed E-state index contributed by atoms with van der Waals surface area (Å²) in [5.41, 5.74) is 2.19. The highest BCUT2D eigenvalue weighted by Crippen LogP contribution is 2.33. The number of alkyl halides is 3. The molecule has 0 radical (unpaired) electrons. The molecular formula is C28H26F3N5O2S. The van der Waals surface area contributed by atoms with E-state index in [9.17, 15) is 22.8 Å². The molecule has 6 rings (SSSR count). The molecule has 7 nitrogen and oxygen atoms in total. The summed E-state index contributed by atoms with van der Waals surface area (Å²) in [6.07, 6.45) is -0.492. The number of amides is 2. The van der Waals surface area contributed by atoms with Gasteiger partial charge in [-0.15, -0.1) is 11.3 Å². The molecule has 0 N–H and O–H groups in total. The third kappa shape index (κ3) is 4.80. The van der Waals surface area contributed by atoms with Gasteiger partial charge in [-0.3, -0.25) is 14.5 Å². The number of aromatic nitrogens is 2. The largest absolute Gasteiger partial charge is 0.416 e. The first kappa shape index (κ1) is 25.6. The molecular weight excluding hydrogens is 527 g/mol. The highest BCUT2D eigenvalue weighted by Gasteiger charge is 2.36. The van der Waals surface area contributed by atoms with Gasteiger partial charge in [0.05, 0.1) is 11.1 Å². The van der Waals surface area contributed by atoms with Gasteiger partial charge in [0.25, 0.3) is 5.91 Å². The second kappa shape index (κ2) is 9.80. The number of benzene rings is 2. The van der Waals surface area contributed by atoms with Gasteiger partial charge in [-0.2, -0.15) is 13.2 Å². The zero-order valence-corrected chi connectivity index (χ0v) is 22.0. The van der Waals surface area contributed by atoms with Gasteiger partial charge >= 0.3 is 6.18 Å². The maximum absolute atomic E-state index is 13.1. The van der Waals surface area contributed by atoms with E-state index in [1.54, 1.807) is 23.4 Å². The van der Waals surface area contributed by atoms with Crippen LogP contribution in [0.5, 0.6) is 0 Å².